The summed E-state index contributed by atoms with van der Waals surface area (Å²) in [6.07, 6.45) is 6.56. The van der Waals surface area contributed by atoms with E-state index in [4.69, 9.17) is 9.84 Å². The summed E-state index contributed by atoms with van der Waals surface area (Å²) < 4.78 is 5.73. The molecule has 0 aromatic carbocycles. The van der Waals surface area contributed by atoms with E-state index in [9.17, 15) is 4.79 Å². The molecule has 1 aromatic heterocycles. The molecular formula is C15H16N2O3. The van der Waals surface area contributed by atoms with Gasteiger partial charge in [0.25, 0.3) is 5.91 Å². The van der Waals surface area contributed by atoms with Crippen molar-refractivity contribution >= 4 is 5.91 Å². The maximum absolute atomic E-state index is 12.3. The standard InChI is InChI=1S/C15H16N2O3/c18-7-1-2-10-9-16-6-5-12(10)15(19)17-13-8-11-3-4-14(13)20-11/h5-6,9,11,13-14,18H,3-4,7-8H2,(H,17,19). The molecule has 2 bridgehead atoms. The minimum atomic E-state index is -0.240. The van der Waals surface area contributed by atoms with Gasteiger partial charge in [-0.3, -0.25) is 9.78 Å². The topological polar surface area (TPSA) is 71.5 Å². The summed E-state index contributed by atoms with van der Waals surface area (Å²) in [5.41, 5.74) is 1.02. The van der Waals surface area contributed by atoms with Crippen LogP contribution in [-0.2, 0) is 4.74 Å². The molecule has 0 saturated carbocycles. The molecule has 3 unspecified atom stereocenters. The van der Waals surface area contributed by atoms with Gasteiger partial charge in [0.1, 0.15) is 6.61 Å². The Balaban J connectivity index is 1.74. The number of aromatic nitrogens is 1. The second kappa shape index (κ2) is 5.61. The third kappa shape index (κ3) is 2.53. The van der Waals surface area contributed by atoms with Crippen LogP contribution in [0.2, 0.25) is 0 Å². The molecule has 5 nitrogen and oxygen atoms in total. The first-order chi connectivity index (χ1) is 9.78. The van der Waals surface area contributed by atoms with Crippen LogP contribution in [0.15, 0.2) is 18.5 Å². The maximum Gasteiger partial charge on any atom is 0.252 e. The third-order valence-electron chi connectivity index (χ3n) is 3.79. The van der Waals surface area contributed by atoms with E-state index in [0.717, 1.165) is 19.3 Å². The van der Waals surface area contributed by atoms with E-state index in [1.807, 2.05) is 0 Å². The van der Waals surface area contributed by atoms with Crippen molar-refractivity contribution < 1.29 is 14.6 Å². The van der Waals surface area contributed by atoms with Crippen molar-refractivity contribution in [3.63, 3.8) is 0 Å². The summed E-state index contributed by atoms with van der Waals surface area (Å²) in [5, 5.41) is 11.8. The molecule has 2 aliphatic heterocycles. The summed E-state index contributed by atoms with van der Waals surface area (Å²) >= 11 is 0. The van der Waals surface area contributed by atoms with Gasteiger partial charge in [0.15, 0.2) is 0 Å². The van der Waals surface area contributed by atoms with Gasteiger partial charge in [-0.15, -0.1) is 0 Å². The molecule has 3 atom stereocenters. The second-order valence-corrected chi connectivity index (χ2v) is 5.07. The number of rotatable bonds is 2. The lowest BCUT2D eigenvalue weighted by Gasteiger charge is -2.20. The minimum Gasteiger partial charge on any atom is -0.384 e. The van der Waals surface area contributed by atoms with Crippen LogP contribution in [0.25, 0.3) is 0 Å². The highest BCUT2D eigenvalue weighted by Gasteiger charge is 2.41. The lowest BCUT2D eigenvalue weighted by Crippen LogP contribution is -2.41. The zero-order valence-electron chi connectivity index (χ0n) is 11.0. The first-order valence-corrected chi connectivity index (χ1v) is 6.78. The number of ether oxygens (including phenoxy) is 1. The highest BCUT2D eigenvalue weighted by atomic mass is 16.5. The molecule has 5 heteroatoms. The monoisotopic (exact) mass is 272 g/mol. The van der Waals surface area contributed by atoms with E-state index in [1.54, 1.807) is 12.3 Å². The molecule has 1 aromatic rings. The summed E-state index contributed by atoms with van der Waals surface area (Å²) in [5.74, 6) is 5.13. The van der Waals surface area contributed by atoms with E-state index >= 15 is 0 Å². The zero-order chi connectivity index (χ0) is 13.9. The predicted molar refractivity (Wildman–Crippen MR) is 72.0 cm³/mol. The number of pyridine rings is 1. The molecule has 3 heterocycles. The van der Waals surface area contributed by atoms with Gasteiger partial charge in [0.2, 0.25) is 0 Å². The minimum absolute atomic E-state index is 0.0908. The lowest BCUT2D eigenvalue weighted by molar-refractivity contribution is 0.0840. The summed E-state index contributed by atoms with van der Waals surface area (Å²) in [4.78, 5) is 16.3. The molecule has 2 fully saturated rings. The van der Waals surface area contributed by atoms with Gasteiger partial charge in [0, 0.05) is 12.4 Å². The van der Waals surface area contributed by atoms with Crippen LogP contribution in [0.3, 0.4) is 0 Å². The maximum atomic E-state index is 12.3. The highest BCUT2D eigenvalue weighted by Crippen LogP contribution is 2.34. The van der Waals surface area contributed by atoms with Crippen molar-refractivity contribution in [3.05, 3.63) is 29.6 Å². The number of hydrogen-bond acceptors (Lipinski definition) is 4. The number of nitrogens with zero attached hydrogens (tertiary/aromatic N) is 1. The molecule has 20 heavy (non-hydrogen) atoms. The second-order valence-electron chi connectivity index (χ2n) is 5.07. The fourth-order valence-corrected chi connectivity index (χ4v) is 2.86. The van der Waals surface area contributed by atoms with Crippen LogP contribution in [-0.4, -0.2) is 40.9 Å². The van der Waals surface area contributed by atoms with Crippen molar-refractivity contribution in [1.29, 1.82) is 0 Å². The Hall–Kier alpha value is -1.90. The normalized spacial score (nSPS) is 26.9. The van der Waals surface area contributed by atoms with E-state index in [-0.39, 0.29) is 24.7 Å². The average Bonchev–Trinajstić information content (AvgIpc) is 3.08. The molecule has 0 aliphatic carbocycles. The largest absolute Gasteiger partial charge is 0.384 e. The number of carbonyl (C=O) groups is 1. The summed E-state index contributed by atoms with van der Waals surface area (Å²) in [6.45, 7) is -0.240. The molecule has 2 saturated heterocycles. The molecule has 0 radical (unpaired) electrons. The summed E-state index contributed by atoms with van der Waals surface area (Å²) in [6, 6.07) is 1.73. The first-order valence-electron chi connectivity index (χ1n) is 6.78. The smallest absolute Gasteiger partial charge is 0.252 e. The number of aliphatic hydroxyl groups is 1. The number of carbonyl (C=O) groups excluding carboxylic acids is 1. The van der Waals surface area contributed by atoms with Gasteiger partial charge in [-0.25, -0.2) is 0 Å². The van der Waals surface area contributed by atoms with E-state index in [2.05, 4.69) is 22.1 Å². The van der Waals surface area contributed by atoms with Crippen LogP contribution < -0.4 is 5.32 Å². The summed E-state index contributed by atoms with van der Waals surface area (Å²) in [7, 11) is 0. The molecule has 1 amide bonds. The van der Waals surface area contributed by atoms with Crippen molar-refractivity contribution in [2.75, 3.05) is 6.61 Å². The Morgan fingerprint density at radius 1 is 1.55 bits per heavy atom. The van der Waals surface area contributed by atoms with Crippen molar-refractivity contribution in [2.24, 2.45) is 0 Å². The van der Waals surface area contributed by atoms with Gasteiger partial charge in [-0.2, -0.15) is 0 Å². The number of hydrogen-bond donors (Lipinski definition) is 2. The Morgan fingerprint density at radius 3 is 3.15 bits per heavy atom. The van der Waals surface area contributed by atoms with E-state index < -0.39 is 0 Å². The molecule has 104 valence electrons. The van der Waals surface area contributed by atoms with Crippen LogP contribution in [0.1, 0.15) is 35.2 Å². The zero-order valence-corrected chi connectivity index (χ0v) is 11.0. The number of nitrogens with one attached hydrogen (secondary N) is 1. The van der Waals surface area contributed by atoms with Gasteiger partial charge < -0.3 is 15.2 Å². The van der Waals surface area contributed by atoms with Crippen molar-refractivity contribution in [2.45, 2.75) is 37.5 Å². The van der Waals surface area contributed by atoms with E-state index in [0.29, 0.717) is 17.2 Å². The Kier molecular flexibility index (Phi) is 3.68. The molecular weight excluding hydrogens is 256 g/mol. The Bertz CT molecular complexity index is 576. The van der Waals surface area contributed by atoms with E-state index in [1.165, 1.54) is 6.20 Å². The van der Waals surface area contributed by atoms with Gasteiger partial charge >= 0.3 is 0 Å². The highest BCUT2D eigenvalue weighted by molar-refractivity contribution is 5.96. The Morgan fingerprint density at radius 2 is 2.45 bits per heavy atom. The van der Waals surface area contributed by atoms with Crippen molar-refractivity contribution in [1.82, 2.24) is 10.3 Å². The van der Waals surface area contributed by atoms with Crippen LogP contribution >= 0.6 is 0 Å². The SMILES string of the molecule is O=C(NC1CC2CCC1O2)c1ccncc1C#CCO. The van der Waals surface area contributed by atoms with Crippen LogP contribution in [0.5, 0.6) is 0 Å². The predicted octanol–water partition coefficient (Wildman–Crippen LogP) is 0.475. The van der Waals surface area contributed by atoms with Gasteiger partial charge in [-0.1, -0.05) is 11.8 Å². The molecule has 2 N–H and O–H groups in total. The lowest BCUT2D eigenvalue weighted by atomic mass is 9.95. The van der Waals surface area contributed by atoms with Gasteiger partial charge in [-0.05, 0) is 25.3 Å². The first kappa shape index (κ1) is 13.1. The molecule has 0 spiro atoms. The number of amides is 1. The number of aliphatic hydroxyl groups excluding tert-OH is 1. The quantitative estimate of drug-likeness (QED) is 0.768. The Labute approximate surface area is 117 Å². The van der Waals surface area contributed by atoms with Crippen molar-refractivity contribution in [3.8, 4) is 11.8 Å². The van der Waals surface area contributed by atoms with Crippen LogP contribution in [0, 0.1) is 11.8 Å². The molecule has 2 aliphatic rings. The van der Waals surface area contributed by atoms with Gasteiger partial charge in [0.05, 0.1) is 29.4 Å². The average molecular weight is 272 g/mol. The molecule has 3 rings (SSSR count). The fraction of sp³-hybridized carbons (Fsp3) is 0.467. The van der Waals surface area contributed by atoms with Crippen LogP contribution in [0.4, 0.5) is 0 Å². The fourth-order valence-electron chi connectivity index (χ4n) is 2.86. The third-order valence-corrected chi connectivity index (χ3v) is 3.79. The number of fused-ring (bicyclic) bond motifs is 2.